The van der Waals surface area contributed by atoms with Crippen molar-refractivity contribution in [3.8, 4) is 0 Å². The monoisotopic (exact) mass is 182 g/mol. The lowest BCUT2D eigenvalue weighted by Crippen LogP contribution is -1.77. The molecular weight excluding hydrogens is 164 g/mol. The zero-order chi connectivity index (χ0) is 9.40. The molecule has 1 rings (SSSR count). The van der Waals surface area contributed by atoms with E-state index >= 15 is 0 Å². The smallest absolute Gasteiger partial charge is 0.153 e. The Balaban J connectivity index is 0.000000354. The van der Waals surface area contributed by atoms with Gasteiger partial charge in [-0.15, -0.1) is 0 Å². The topological polar surface area (TPSA) is 20.2 Å². The summed E-state index contributed by atoms with van der Waals surface area (Å²) in [6, 6.07) is 8.66. The summed E-state index contributed by atoms with van der Waals surface area (Å²) in [4.78, 5) is 7.71. The maximum atomic E-state index is 7.71. The van der Waals surface area contributed by atoms with E-state index in [9.17, 15) is 0 Å². The van der Waals surface area contributed by atoms with Crippen molar-refractivity contribution in [3.63, 3.8) is 0 Å². The summed E-state index contributed by atoms with van der Waals surface area (Å²) in [7, 11) is -0.583. The minimum atomic E-state index is -0.583. The van der Waals surface area contributed by atoms with Crippen molar-refractivity contribution in [2.75, 3.05) is 0 Å². The number of rotatable bonds is 1. The minimum Gasteiger partial charge on any atom is -0.438 e. The van der Waals surface area contributed by atoms with E-state index in [4.69, 9.17) is 4.80 Å². The van der Waals surface area contributed by atoms with Crippen molar-refractivity contribution in [1.29, 1.82) is 0 Å². The summed E-state index contributed by atoms with van der Waals surface area (Å²) in [5, 5.41) is 0. The third kappa shape index (κ3) is 5.10. The predicted octanol–water partition coefficient (Wildman–Crippen LogP) is 1.67. The highest BCUT2D eigenvalue weighted by atomic mass is 28.2. The zero-order valence-corrected chi connectivity index (χ0v) is 9.59. The molecule has 12 heavy (non-hydrogen) atoms. The Bertz CT molecular complexity index is 193. The highest BCUT2D eigenvalue weighted by Gasteiger charge is 1.84. The van der Waals surface area contributed by atoms with Gasteiger partial charge in [-0.3, -0.25) is 0 Å². The van der Waals surface area contributed by atoms with E-state index in [1.165, 1.54) is 11.1 Å². The van der Waals surface area contributed by atoms with Gasteiger partial charge in [-0.2, -0.15) is 0 Å². The molecule has 68 valence electrons. The molecule has 0 bridgehead atoms. The Morgan fingerprint density at radius 1 is 1.25 bits per heavy atom. The first kappa shape index (κ1) is 11.4. The lowest BCUT2D eigenvalue weighted by atomic mass is 10.1. The van der Waals surface area contributed by atoms with E-state index in [2.05, 4.69) is 38.1 Å². The second-order valence-corrected chi connectivity index (χ2v) is 3.29. The lowest BCUT2D eigenvalue weighted by molar-refractivity contribution is 0.610. The van der Waals surface area contributed by atoms with Crippen LogP contribution >= 0.6 is 0 Å². The van der Waals surface area contributed by atoms with Gasteiger partial charge in [0.05, 0.1) is 0 Å². The van der Waals surface area contributed by atoms with Gasteiger partial charge in [0.2, 0.25) is 0 Å². The summed E-state index contributed by atoms with van der Waals surface area (Å²) >= 11 is 0. The van der Waals surface area contributed by atoms with Gasteiger partial charge in [0.1, 0.15) is 0 Å². The van der Waals surface area contributed by atoms with Crippen molar-refractivity contribution in [3.05, 3.63) is 35.4 Å². The molecule has 0 aromatic heterocycles. The van der Waals surface area contributed by atoms with Crippen molar-refractivity contribution in [2.45, 2.75) is 26.8 Å². The summed E-state index contributed by atoms with van der Waals surface area (Å²) in [5.41, 5.74) is 2.76. The van der Waals surface area contributed by atoms with Crippen LogP contribution in [0.2, 0.25) is 6.55 Å². The second-order valence-electron chi connectivity index (χ2n) is 2.66. The van der Waals surface area contributed by atoms with Gasteiger partial charge >= 0.3 is 0 Å². The van der Waals surface area contributed by atoms with Gasteiger partial charge in [-0.05, 0) is 18.9 Å². The number of hydrogen-bond acceptors (Lipinski definition) is 1. The Hall–Kier alpha value is -0.603. The molecule has 0 spiro atoms. The molecular formula is C10H18OSi. The van der Waals surface area contributed by atoms with Crippen molar-refractivity contribution < 1.29 is 4.80 Å². The molecule has 0 amide bonds. The maximum Gasteiger partial charge on any atom is 0.153 e. The van der Waals surface area contributed by atoms with E-state index in [-0.39, 0.29) is 0 Å². The van der Waals surface area contributed by atoms with Crippen LogP contribution in [-0.4, -0.2) is 14.6 Å². The number of hydrogen-bond donors (Lipinski definition) is 1. The summed E-state index contributed by atoms with van der Waals surface area (Å²) in [5.74, 6) is 0. The Morgan fingerprint density at radius 3 is 2.00 bits per heavy atom. The largest absolute Gasteiger partial charge is 0.438 e. The summed E-state index contributed by atoms with van der Waals surface area (Å²) in [6.07, 6.45) is 1.14. The molecule has 0 saturated heterocycles. The van der Waals surface area contributed by atoms with E-state index in [0.717, 1.165) is 6.42 Å². The molecule has 1 nitrogen and oxygen atoms in total. The zero-order valence-electron chi connectivity index (χ0n) is 8.17. The molecule has 0 unspecified atom stereocenters. The predicted molar refractivity (Wildman–Crippen MR) is 57.2 cm³/mol. The van der Waals surface area contributed by atoms with Crippen LogP contribution in [0.5, 0.6) is 0 Å². The van der Waals surface area contributed by atoms with Gasteiger partial charge in [0, 0.05) is 0 Å². The van der Waals surface area contributed by atoms with Gasteiger partial charge in [-0.25, -0.2) is 0 Å². The molecule has 0 heterocycles. The minimum absolute atomic E-state index is 0.583. The van der Waals surface area contributed by atoms with Crippen LogP contribution in [0.15, 0.2) is 24.3 Å². The first-order chi connectivity index (χ1) is 5.74. The van der Waals surface area contributed by atoms with Gasteiger partial charge in [0.25, 0.3) is 0 Å². The lowest BCUT2D eigenvalue weighted by Gasteiger charge is -1.94. The fourth-order valence-corrected chi connectivity index (χ4v) is 0.824. The van der Waals surface area contributed by atoms with Gasteiger partial charge in [-0.1, -0.05) is 43.3 Å². The van der Waals surface area contributed by atoms with Crippen LogP contribution in [0.1, 0.15) is 18.1 Å². The van der Waals surface area contributed by atoms with Gasteiger partial charge in [0.15, 0.2) is 9.76 Å². The Morgan fingerprint density at radius 2 is 1.67 bits per heavy atom. The first-order valence-electron chi connectivity index (χ1n) is 4.41. The molecule has 1 N–H and O–H groups in total. The highest BCUT2D eigenvalue weighted by Crippen LogP contribution is 2.02. The van der Waals surface area contributed by atoms with Crippen molar-refractivity contribution in [1.82, 2.24) is 0 Å². The van der Waals surface area contributed by atoms with Crippen molar-refractivity contribution >= 4 is 9.76 Å². The van der Waals surface area contributed by atoms with E-state index in [1.54, 1.807) is 0 Å². The second kappa shape index (κ2) is 7.07. The summed E-state index contributed by atoms with van der Waals surface area (Å²) < 4.78 is 0. The van der Waals surface area contributed by atoms with Crippen LogP contribution in [0.3, 0.4) is 0 Å². The normalized spacial score (nSPS) is 9.67. The Kier molecular flexibility index (Phi) is 6.71. The molecule has 0 aliphatic carbocycles. The standard InChI is InChI=1S/C9H12.CH6OSi/c1-3-9-6-4-8(2)5-7-9;1-3-2/h4-7H,3H2,1-2H3;2H,3H2,1H3. The molecule has 1 aromatic rings. The van der Waals surface area contributed by atoms with E-state index in [0.29, 0.717) is 0 Å². The third-order valence-electron chi connectivity index (χ3n) is 1.53. The molecule has 0 aliphatic heterocycles. The van der Waals surface area contributed by atoms with Gasteiger partial charge < -0.3 is 4.80 Å². The number of aryl methyl sites for hydroxylation is 2. The molecule has 1 aromatic carbocycles. The molecule has 0 fully saturated rings. The van der Waals surface area contributed by atoms with E-state index in [1.807, 2.05) is 6.55 Å². The van der Waals surface area contributed by atoms with Crippen LogP contribution < -0.4 is 0 Å². The fourth-order valence-electron chi connectivity index (χ4n) is 0.824. The SMILES string of the molecule is CCc1ccc(C)cc1.C[SiH2]O. The van der Waals surface area contributed by atoms with Crippen LogP contribution in [0.4, 0.5) is 0 Å². The van der Waals surface area contributed by atoms with E-state index < -0.39 is 9.76 Å². The fraction of sp³-hybridized carbons (Fsp3) is 0.400. The quantitative estimate of drug-likeness (QED) is 0.655. The summed E-state index contributed by atoms with van der Waals surface area (Å²) in [6.45, 7) is 6.10. The average Bonchev–Trinajstić information content (AvgIpc) is 2.07. The van der Waals surface area contributed by atoms with Crippen LogP contribution in [0, 0.1) is 6.92 Å². The molecule has 0 atom stereocenters. The van der Waals surface area contributed by atoms with Crippen molar-refractivity contribution in [2.24, 2.45) is 0 Å². The highest BCUT2D eigenvalue weighted by molar-refractivity contribution is 6.22. The third-order valence-corrected chi connectivity index (χ3v) is 1.53. The van der Waals surface area contributed by atoms with Crippen LogP contribution in [0.25, 0.3) is 0 Å². The Labute approximate surface area is 77.4 Å². The average molecular weight is 182 g/mol. The molecule has 0 saturated carbocycles. The molecule has 0 radical (unpaired) electrons. The first-order valence-corrected chi connectivity index (χ1v) is 6.45. The number of benzene rings is 1. The van der Waals surface area contributed by atoms with Crippen LogP contribution in [-0.2, 0) is 6.42 Å². The maximum absolute atomic E-state index is 7.71. The molecule has 2 heteroatoms. The molecule has 0 aliphatic rings.